The molecule has 116 valence electrons. The van der Waals surface area contributed by atoms with Gasteiger partial charge in [-0.25, -0.2) is 4.39 Å². The Bertz CT molecular complexity index is 510. The third kappa shape index (κ3) is 4.12. The molecule has 0 aromatic heterocycles. The maximum absolute atomic E-state index is 13.2. The minimum atomic E-state index is -0.586. The summed E-state index contributed by atoms with van der Waals surface area (Å²) in [5.74, 6) is -0.630. The summed E-state index contributed by atoms with van der Waals surface area (Å²) in [5, 5.41) is 10.9. The van der Waals surface area contributed by atoms with E-state index >= 15 is 0 Å². The maximum atomic E-state index is 13.2. The molecule has 6 nitrogen and oxygen atoms in total. The number of ether oxygens (including phenoxy) is 2. The molecular formula is C14H19FN2O4. The van der Waals surface area contributed by atoms with Crippen LogP contribution in [0.1, 0.15) is 13.8 Å². The number of nitro benzene ring substituents is 1. The zero-order chi connectivity index (χ0) is 15.4. The third-order valence-electron chi connectivity index (χ3n) is 3.44. The summed E-state index contributed by atoms with van der Waals surface area (Å²) >= 11 is 0. The fourth-order valence-corrected chi connectivity index (χ4v) is 2.25. The molecular weight excluding hydrogens is 279 g/mol. The topological polar surface area (TPSA) is 64.8 Å². The van der Waals surface area contributed by atoms with Crippen molar-refractivity contribution in [1.82, 2.24) is 4.90 Å². The van der Waals surface area contributed by atoms with Gasteiger partial charge in [0, 0.05) is 31.3 Å². The summed E-state index contributed by atoms with van der Waals surface area (Å²) in [6, 6.07) is 3.58. The number of hydrogen-bond donors (Lipinski definition) is 0. The Morgan fingerprint density at radius 3 is 3.00 bits per heavy atom. The first-order chi connectivity index (χ1) is 9.97. The van der Waals surface area contributed by atoms with Crippen molar-refractivity contribution >= 4 is 5.69 Å². The zero-order valence-electron chi connectivity index (χ0n) is 12.1. The van der Waals surface area contributed by atoms with Crippen molar-refractivity contribution in [1.29, 1.82) is 0 Å². The van der Waals surface area contributed by atoms with E-state index in [9.17, 15) is 14.5 Å². The van der Waals surface area contributed by atoms with E-state index in [4.69, 9.17) is 9.47 Å². The van der Waals surface area contributed by atoms with Gasteiger partial charge in [-0.1, -0.05) is 0 Å². The van der Waals surface area contributed by atoms with Gasteiger partial charge in [0.15, 0.2) is 5.75 Å². The largest absolute Gasteiger partial charge is 0.484 e. The second-order valence-corrected chi connectivity index (χ2v) is 5.26. The van der Waals surface area contributed by atoms with E-state index < -0.39 is 10.7 Å². The lowest BCUT2D eigenvalue weighted by Gasteiger charge is -2.35. The minimum Gasteiger partial charge on any atom is -0.484 e. The van der Waals surface area contributed by atoms with E-state index in [-0.39, 0.29) is 24.1 Å². The molecule has 0 bridgehead atoms. The number of hydrogen-bond acceptors (Lipinski definition) is 5. The predicted octanol–water partition coefficient (Wildman–Crippen LogP) is 2.22. The van der Waals surface area contributed by atoms with Crippen molar-refractivity contribution in [3.63, 3.8) is 0 Å². The van der Waals surface area contributed by atoms with Gasteiger partial charge in [-0.3, -0.25) is 15.0 Å². The lowest BCUT2D eigenvalue weighted by atomic mass is 10.2. The number of morpholine rings is 1. The van der Waals surface area contributed by atoms with Crippen LogP contribution in [0.3, 0.4) is 0 Å². The molecule has 1 aliphatic heterocycles. The molecule has 1 aliphatic rings. The lowest BCUT2D eigenvalue weighted by Crippen LogP contribution is -2.47. The van der Waals surface area contributed by atoms with Gasteiger partial charge >= 0.3 is 5.69 Å². The van der Waals surface area contributed by atoms with Crippen LogP contribution in [0.2, 0.25) is 0 Å². The maximum Gasteiger partial charge on any atom is 0.311 e. The fourth-order valence-electron chi connectivity index (χ4n) is 2.25. The van der Waals surface area contributed by atoms with Crippen molar-refractivity contribution in [2.24, 2.45) is 0 Å². The molecule has 1 saturated heterocycles. The summed E-state index contributed by atoms with van der Waals surface area (Å²) in [4.78, 5) is 12.6. The van der Waals surface area contributed by atoms with Crippen LogP contribution in [0.5, 0.6) is 5.75 Å². The molecule has 1 heterocycles. The molecule has 1 aromatic carbocycles. The highest BCUT2D eigenvalue weighted by Crippen LogP contribution is 2.27. The average molecular weight is 298 g/mol. The Balaban J connectivity index is 1.99. The first kappa shape index (κ1) is 15.7. The smallest absolute Gasteiger partial charge is 0.311 e. The van der Waals surface area contributed by atoms with Crippen LogP contribution in [0.15, 0.2) is 18.2 Å². The van der Waals surface area contributed by atoms with Crippen molar-refractivity contribution in [3.8, 4) is 5.75 Å². The molecule has 0 aliphatic carbocycles. The highest BCUT2D eigenvalue weighted by Gasteiger charge is 2.24. The van der Waals surface area contributed by atoms with Crippen LogP contribution < -0.4 is 4.74 Å². The minimum absolute atomic E-state index is 0.0646. The Kier molecular flexibility index (Phi) is 5.08. The highest BCUT2D eigenvalue weighted by molar-refractivity contribution is 5.46. The van der Waals surface area contributed by atoms with Gasteiger partial charge in [-0.15, -0.1) is 0 Å². The van der Waals surface area contributed by atoms with Gasteiger partial charge < -0.3 is 9.47 Å². The van der Waals surface area contributed by atoms with Gasteiger partial charge in [-0.05, 0) is 19.9 Å². The molecule has 2 rings (SSSR count). The Labute approximate surface area is 122 Å². The van der Waals surface area contributed by atoms with Gasteiger partial charge in [0.25, 0.3) is 0 Å². The number of halogens is 1. The fraction of sp³-hybridized carbons (Fsp3) is 0.571. The highest BCUT2D eigenvalue weighted by atomic mass is 19.1. The van der Waals surface area contributed by atoms with E-state index in [2.05, 4.69) is 18.7 Å². The van der Waals surface area contributed by atoms with Gasteiger partial charge in [0.05, 0.1) is 11.5 Å². The van der Waals surface area contributed by atoms with Crippen LogP contribution in [-0.4, -0.2) is 48.3 Å². The summed E-state index contributed by atoms with van der Waals surface area (Å²) in [5.41, 5.74) is -0.243. The molecule has 1 unspecified atom stereocenters. The second-order valence-electron chi connectivity index (χ2n) is 5.26. The zero-order valence-corrected chi connectivity index (χ0v) is 12.1. The van der Waals surface area contributed by atoms with Crippen LogP contribution in [0, 0.1) is 15.9 Å². The molecule has 0 N–H and O–H groups in total. The lowest BCUT2D eigenvalue weighted by molar-refractivity contribution is -0.386. The van der Waals surface area contributed by atoms with Crippen molar-refractivity contribution in [2.75, 3.05) is 26.3 Å². The summed E-state index contributed by atoms with van der Waals surface area (Å²) < 4.78 is 24.2. The Morgan fingerprint density at radius 2 is 2.33 bits per heavy atom. The van der Waals surface area contributed by atoms with Gasteiger partial charge in [0.2, 0.25) is 0 Å². The summed E-state index contributed by atoms with van der Waals surface area (Å²) in [6.45, 7) is 6.50. The second kappa shape index (κ2) is 6.82. The molecule has 1 aromatic rings. The van der Waals surface area contributed by atoms with E-state index in [1.165, 1.54) is 0 Å². The van der Waals surface area contributed by atoms with Crippen LogP contribution >= 0.6 is 0 Å². The van der Waals surface area contributed by atoms with Crippen LogP contribution in [0.4, 0.5) is 10.1 Å². The number of benzene rings is 1. The Morgan fingerprint density at radius 1 is 1.57 bits per heavy atom. The van der Waals surface area contributed by atoms with E-state index in [0.717, 1.165) is 24.7 Å². The molecule has 7 heteroatoms. The first-order valence-corrected chi connectivity index (χ1v) is 6.89. The van der Waals surface area contributed by atoms with Gasteiger partial charge in [-0.2, -0.15) is 0 Å². The SMILES string of the molecule is CC(C)N1CCOC(COc2cc(F)ccc2[N+](=O)[O-])C1. The molecule has 0 radical (unpaired) electrons. The number of nitro groups is 1. The third-order valence-corrected chi connectivity index (χ3v) is 3.44. The van der Waals surface area contributed by atoms with Gasteiger partial charge in [0.1, 0.15) is 18.5 Å². The quantitative estimate of drug-likeness (QED) is 0.616. The van der Waals surface area contributed by atoms with Crippen molar-refractivity contribution in [2.45, 2.75) is 26.0 Å². The van der Waals surface area contributed by atoms with E-state index in [0.29, 0.717) is 19.2 Å². The predicted molar refractivity (Wildman–Crippen MR) is 75.0 cm³/mol. The van der Waals surface area contributed by atoms with Crippen LogP contribution in [-0.2, 0) is 4.74 Å². The van der Waals surface area contributed by atoms with Crippen molar-refractivity contribution in [3.05, 3.63) is 34.1 Å². The molecule has 0 amide bonds. The number of rotatable bonds is 5. The summed E-state index contributed by atoms with van der Waals surface area (Å²) in [6.07, 6.45) is -0.177. The standard InChI is InChI=1S/C14H19FN2O4/c1-10(2)16-5-6-20-12(8-16)9-21-14-7-11(15)3-4-13(14)17(18)19/h3-4,7,10,12H,5-6,8-9H2,1-2H3. The van der Waals surface area contributed by atoms with E-state index in [1.807, 2.05) is 0 Å². The molecule has 1 fully saturated rings. The number of nitrogens with zero attached hydrogens (tertiary/aromatic N) is 2. The normalized spacial score (nSPS) is 19.7. The molecule has 1 atom stereocenters. The molecule has 0 spiro atoms. The Hall–Kier alpha value is -1.73. The average Bonchev–Trinajstić information content (AvgIpc) is 2.45. The van der Waals surface area contributed by atoms with E-state index in [1.54, 1.807) is 0 Å². The molecule has 0 saturated carbocycles. The molecule has 21 heavy (non-hydrogen) atoms. The summed E-state index contributed by atoms with van der Waals surface area (Å²) in [7, 11) is 0. The van der Waals surface area contributed by atoms with Crippen molar-refractivity contribution < 1.29 is 18.8 Å². The first-order valence-electron chi connectivity index (χ1n) is 6.89. The van der Waals surface area contributed by atoms with Crippen LogP contribution in [0.25, 0.3) is 0 Å². The monoisotopic (exact) mass is 298 g/mol.